The van der Waals surface area contributed by atoms with Crippen molar-refractivity contribution >= 4 is 34.8 Å². The predicted octanol–water partition coefficient (Wildman–Crippen LogP) is 3.72. The van der Waals surface area contributed by atoms with Gasteiger partial charge in [0.05, 0.1) is 26.5 Å². The number of ether oxygens (including phenoxy) is 3. The van der Waals surface area contributed by atoms with Gasteiger partial charge >= 0.3 is 5.97 Å². The van der Waals surface area contributed by atoms with Crippen LogP contribution >= 0.6 is 23.7 Å². The van der Waals surface area contributed by atoms with Gasteiger partial charge in [0.1, 0.15) is 4.88 Å². The van der Waals surface area contributed by atoms with Crippen LogP contribution in [0.3, 0.4) is 0 Å². The molecule has 1 heterocycles. The molecular formula is C17H23ClN2O4S. The lowest BCUT2D eigenvalue weighted by Crippen LogP contribution is -2.05. The number of carbonyl (C=O) groups excluding carboxylic acids is 1. The fraction of sp³-hybridized carbons (Fsp3) is 0.412. The number of nitrogens with zero attached hydrogens (tertiary/aromatic N) is 1. The molecule has 1 aromatic carbocycles. The monoisotopic (exact) mass is 386 g/mol. The van der Waals surface area contributed by atoms with Gasteiger partial charge in [0.2, 0.25) is 0 Å². The fourth-order valence-corrected chi connectivity index (χ4v) is 3.09. The maximum absolute atomic E-state index is 11.8. The molecular weight excluding hydrogens is 364 g/mol. The average Bonchev–Trinajstić information content (AvgIpc) is 2.95. The van der Waals surface area contributed by atoms with E-state index in [0.29, 0.717) is 35.2 Å². The number of thiazole rings is 1. The highest BCUT2D eigenvalue weighted by molar-refractivity contribution is 7.17. The zero-order valence-corrected chi connectivity index (χ0v) is 16.4. The third-order valence-corrected chi connectivity index (χ3v) is 4.49. The van der Waals surface area contributed by atoms with Crippen LogP contribution in [0.2, 0.25) is 0 Å². The van der Waals surface area contributed by atoms with E-state index in [0.717, 1.165) is 17.1 Å². The number of anilines is 1. The molecule has 0 unspecified atom stereocenters. The van der Waals surface area contributed by atoms with E-state index in [1.54, 1.807) is 21.1 Å². The zero-order valence-electron chi connectivity index (χ0n) is 14.8. The third kappa shape index (κ3) is 5.51. The summed E-state index contributed by atoms with van der Waals surface area (Å²) in [6, 6.07) is 5.85. The van der Waals surface area contributed by atoms with E-state index in [9.17, 15) is 4.79 Å². The van der Waals surface area contributed by atoms with E-state index in [1.165, 1.54) is 11.3 Å². The molecule has 0 bridgehead atoms. The van der Waals surface area contributed by atoms with Crippen LogP contribution in [0.15, 0.2) is 18.2 Å². The van der Waals surface area contributed by atoms with Gasteiger partial charge in [-0.3, -0.25) is 0 Å². The minimum Gasteiger partial charge on any atom is -0.493 e. The number of hydrogen-bond acceptors (Lipinski definition) is 7. The maximum Gasteiger partial charge on any atom is 0.350 e. The van der Waals surface area contributed by atoms with Gasteiger partial charge in [0.25, 0.3) is 0 Å². The second-order valence-corrected chi connectivity index (χ2v) is 6.02. The quantitative estimate of drug-likeness (QED) is 0.697. The normalized spacial score (nSPS) is 9.92. The Kier molecular flexibility index (Phi) is 8.51. The number of rotatable bonds is 8. The summed E-state index contributed by atoms with van der Waals surface area (Å²) in [5.74, 6) is 1.11. The van der Waals surface area contributed by atoms with Crippen molar-refractivity contribution in [2.24, 2.45) is 0 Å². The number of esters is 1. The molecule has 6 nitrogen and oxygen atoms in total. The highest BCUT2D eigenvalue weighted by Crippen LogP contribution is 2.28. The first kappa shape index (κ1) is 21.1. The first-order valence-electron chi connectivity index (χ1n) is 7.68. The van der Waals surface area contributed by atoms with Crippen LogP contribution in [-0.2, 0) is 11.2 Å². The Bertz CT molecular complexity index is 706. The molecule has 1 N–H and O–H groups in total. The Morgan fingerprint density at radius 2 is 1.96 bits per heavy atom. The highest BCUT2D eigenvalue weighted by Gasteiger charge is 2.16. The summed E-state index contributed by atoms with van der Waals surface area (Å²) < 4.78 is 15.6. The fourth-order valence-electron chi connectivity index (χ4n) is 2.21. The average molecular weight is 387 g/mol. The van der Waals surface area contributed by atoms with Gasteiger partial charge in [-0.05, 0) is 38.0 Å². The largest absolute Gasteiger partial charge is 0.493 e. The summed E-state index contributed by atoms with van der Waals surface area (Å²) in [7, 11) is 3.24. The summed E-state index contributed by atoms with van der Waals surface area (Å²) in [5, 5.41) is 3.96. The molecule has 0 aliphatic rings. The Balaban J connectivity index is 0.00000312. The van der Waals surface area contributed by atoms with E-state index in [1.807, 2.05) is 25.1 Å². The van der Waals surface area contributed by atoms with Crippen LogP contribution in [0.25, 0.3) is 0 Å². The SMILES string of the molecule is CCOC(=O)c1sc(NCCc2ccc(OC)c(OC)c2)nc1C.Cl. The molecule has 2 rings (SSSR count). The molecule has 138 valence electrons. The van der Waals surface area contributed by atoms with E-state index in [4.69, 9.17) is 14.2 Å². The molecule has 0 atom stereocenters. The molecule has 8 heteroatoms. The van der Waals surface area contributed by atoms with Crippen LogP contribution in [0.4, 0.5) is 5.13 Å². The van der Waals surface area contributed by atoms with Gasteiger partial charge in [-0.15, -0.1) is 12.4 Å². The lowest BCUT2D eigenvalue weighted by atomic mass is 10.1. The zero-order chi connectivity index (χ0) is 17.5. The minimum absolute atomic E-state index is 0. The lowest BCUT2D eigenvalue weighted by Gasteiger charge is -2.09. The van der Waals surface area contributed by atoms with Crippen molar-refractivity contribution in [3.05, 3.63) is 34.3 Å². The smallest absolute Gasteiger partial charge is 0.350 e. The van der Waals surface area contributed by atoms with Crippen molar-refractivity contribution in [1.82, 2.24) is 4.98 Å². The number of benzene rings is 1. The van der Waals surface area contributed by atoms with Crippen LogP contribution in [0.5, 0.6) is 11.5 Å². The van der Waals surface area contributed by atoms with Gasteiger partial charge in [-0.25, -0.2) is 9.78 Å². The number of hydrogen-bond donors (Lipinski definition) is 1. The minimum atomic E-state index is -0.319. The third-order valence-electron chi connectivity index (χ3n) is 3.40. The van der Waals surface area contributed by atoms with Crippen molar-refractivity contribution in [2.45, 2.75) is 20.3 Å². The summed E-state index contributed by atoms with van der Waals surface area (Å²) in [6.45, 7) is 4.65. The molecule has 0 saturated carbocycles. The molecule has 0 aliphatic carbocycles. The Labute approximate surface area is 157 Å². The second-order valence-electron chi connectivity index (χ2n) is 5.02. The first-order chi connectivity index (χ1) is 11.6. The number of methoxy groups -OCH3 is 2. The van der Waals surface area contributed by atoms with Gasteiger partial charge in [-0.1, -0.05) is 17.4 Å². The van der Waals surface area contributed by atoms with Crippen molar-refractivity contribution in [3.8, 4) is 11.5 Å². The van der Waals surface area contributed by atoms with Crippen LogP contribution in [0, 0.1) is 6.92 Å². The summed E-state index contributed by atoms with van der Waals surface area (Å²) in [4.78, 5) is 16.7. The van der Waals surface area contributed by atoms with Crippen LogP contribution in [0.1, 0.15) is 27.9 Å². The van der Waals surface area contributed by atoms with Gasteiger partial charge in [0.15, 0.2) is 16.6 Å². The first-order valence-corrected chi connectivity index (χ1v) is 8.50. The summed E-state index contributed by atoms with van der Waals surface area (Å²) in [5.41, 5.74) is 1.81. The number of nitrogens with one attached hydrogen (secondary N) is 1. The maximum atomic E-state index is 11.8. The van der Waals surface area contributed by atoms with E-state index >= 15 is 0 Å². The standard InChI is InChI=1S/C17H22N2O4S.ClH/c1-5-23-16(20)15-11(2)19-17(24-15)18-9-8-12-6-7-13(21-3)14(10-12)22-4;/h6-7,10H,5,8-9H2,1-4H3,(H,18,19);1H. The Morgan fingerprint density at radius 3 is 2.60 bits per heavy atom. The second kappa shape index (κ2) is 10.1. The van der Waals surface area contributed by atoms with Gasteiger partial charge < -0.3 is 19.5 Å². The van der Waals surface area contributed by atoms with Crippen molar-refractivity contribution in [2.75, 3.05) is 32.7 Å². The molecule has 0 fully saturated rings. The van der Waals surface area contributed by atoms with Gasteiger partial charge in [0, 0.05) is 6.54 Å². The molecule has 0 amide bonds. The van der Waals surface area contributed by atoms with Crippen LogP contribution in [-0.4, -0.2) is 38.3 Å². The molecule has 0 spiro atoms. The lowest BCUT2D eigenvalue weighted by molar-refractivity contribution is 0.0531. The Morgan fingerprint density at radius 1 is 1.24 bits per heavy atom. The Hall–Kier alpha value is -1.99. The van der Waals surface area contributed by atoms with Gasteiger partial charge in [-0.2, -0.15) is 0 Å². The van der Waals surface area contributed by atoms with E-state index in [2.05, 4.69) is 10.3 Å². The number of aryl methyl sites for hydroxylation is 1. The van der Waals surface area contributed by atoms with E-state index < -0.39 is 0 Å². The molecule has 1 aromatic heterocycles. The number of aromatic nitrogens is 1. The predicted molar refractivity (Wildman–Crippen MR) is 102 cm³/mol. The van der Waals surface area contributed by atoms with E-state index in [-0.39, 0.29) is 18.4 Å². The molecule has 0 aliphatic heterocycles. The summed E-state index contributed by atoms with van der Waals surface area (Å²) in [6.07, 6.45) is 0.799. The summed E-state index contributed by atoms with van der Waals surface area (Å²) >= 11 is 1.31. The van der Waals surface area contributed by atoms with Crippen molar-refractivity contribution in [1.29, 1.82) is 0 Å². The highest BCUT2D eigenvalue weighted by atomic mass is 35.5. The number of halogens is 1. The van der Waals surface area contributed by atoms with Crippen LogP contribution < -0.4 is 14.8 Å². The molecule has 25 heavy (non-hydrogen) atoms. The molecule has 2 aromatic rings. The number of carbonyl (C=O) groups is 1. The van der Waals surface area contributed by atoms with Crippen molar-refractivity contribution in [3.63, 3.8) is 0 Å². The topological polar surface area (TPSA) is 69.7 Å². The van der Waals surface area contributed by atoms with Crippen molar-refractivity contribution < 1.29 is 19.0 Å². The molecule has 0 radical (unpaired) electrons. The molecule has 0 saturated heterocycles.